The number of alkyl halides is 3. The largest absolute Gasteiger partial charge is 0.408 e. The van der Waals surface area contributed by atoms with Crippen molar-refractivity contribution >= 4 is 18.2 Å². The second-order valence-corrected chi connectivity index (χ2v) is 8.75. The van der Waals surface area contributed by atoms with E-state index in [4.69, 9.17) is 0 Å². The normalized spacial score (nSPS) is 17.8. The van der Waals surface area contributed by atoms with E-state index in [9.17, 15) is 35.9 Å². The van der Waals surface area contributed by atoms with Gasteiger partial charge in [0, 0.05) is 44.9 Å². The van der Waals surface area contributed by atoms with Gasteiger partial charge in [-0.25, -0.2) is 42.0 Å². The SMILES string of the molecule is O=C(N1CCN(c2ncc(F)c(-n3cnn(CC(F)(F)F)c3=O)n2)CC1)N1N=CC[C@H]1c1cc(F)cc(F)c1. The van der Waals surface area contributed by atoms with Crippen LogP contribution in [-0.4, -0.2) is 78.8 Å². The van der Waals surface area contributed by atoms with Crippen LogP contribution in [0.1, 0.15) is 18.0 Å². The first-order valence-corrected chi connectivity index (χ1v) is 11.6. The summed E-state index contributed by atoms with van der Waals surface area (Å²) in [6.45, 7) is -0.945. The maximum Gasteiger partial charge on any atom is 0.408 e. The molecule has 0 unspecified atom stereocenters. The number of benzene rings is 1. The van der Waals surface area contributed by atoms with Crippen molar-refractivity contribution in [2.45, 2.75) is 25.2 Å². The molecule has 2 amide bonds. The van der Waals surface area contributed by atoms with Gasteiger partial charge in [0.1, 0.15) is 24.5 Å². The summed E-state index contributed by atoms with van der Waals surface area (Å²) >= 11 is 0. The molecule has 17 heteroatoms. The average molecular weight is 555 g/mol. The molecule has 2 aliphatic heterocycles. The predicted octanol–water partition coefficient (Wildman–Crippen LogP) is 2.48. The molecule has 206 valence electrons. The molecule has 1 aromatic carbocycles. The van der Waals surface area contributed by atoms with Gasteiger partial charge in [0.25, 0.3) is 0 Å². The van der Waals surface area contributed by atoms with Gasteiger partial charge in [0.2, 0.25) is 5.95 Å². The van der Waals surface area contributed by atoms with Crippen LogP contribution < -0.4 is 10.6 Å². The molecular formula is C22H19F6N9O2. The van der Waals surface area contributed by atoms with Crippen molar-refractivity contribution < 1.29 is 31.1 Å². The van der Waals surface area contributed by atoms with Crippen molar-refractivity contribution in [2.24, 2.45) is 5.10 Å². The number of amides is 2. The van der Waals surface area contributed by atoms with Crippen molar-refractivity contribution in [1.82, 2.24) is 34.2 Å². The average Bonchev–Trinajstić information content (AvgIpc) is 3.50. The van der Waals surface area contributed by atoms with Gasteiger partial charge in [0.05, 0.1) is 12.2 Å². The van der Waals surface area contributed by atoms with E-state index in [1.165, 1.54) is 11.1 Å². The number of nitrogens with zero attached hydrogens (tertiary/aromatic N) is 9. The van der Waals surface area contributed by atoms with Crippen LogP contribution in [0.3, 0.4) is 0 Å². The van der Waals surface area contributed by atoms with Crippen LogP contribution in [0.4, 0.5) is 37.1 Å². The number of carbonyl (C=O) groups excluding carboxylic acids is 1. The Balaban J connectivity index is 1.28. The van der Waals surface area contributed by atoms with Gasteiger partial charge < -0.3 is 9.80 Å². The van der Waals surface area contributed by atoms with Crippen molar-refractivity contribution in [3.8, 4) is 5.82 Å². The highest BCUT2D eigenvalue weighted by atomic mass is 19.4. The fourth-order valence-corrected chi connectivity index (χ4v) is 4.32. The summed E-state index contributed by atoms with van der Waals surface area (Å²) in [6.07, 6.45) is -1.43. The Kier molecular flexibility index (Phi) is 6.73. The zero-order valence-corrected chi connectivity index (χ0v) is 19.9. The number of anilines is 1. The molecule has 2 aliphatic rings. The predicted molar refractivity (Wildman–Crippen MR) is 123 cm³/mol. The standard InChI is InChI=1S/C22H19F6N9O2/c23-14-7-13(8-15(24)9-14)17-1-2-30-37(17)20(38)34-5-3-33(4-6-34)19-29-10-16(25)18(32-19)35-12-31-36(21(35)39)11-22(26,27)28/h2,7-10,12,17H,1,3-6,11H2/t17-/m0/s1. The lowest BCUT2D eigenvalue weighted by Gasteiger charge is -2.37. The van der Waals surface area contributed by atoms with Crippen LogP contribution in [0.2, 0.25) is 0 Å². The lowest BCUT2D eigenvalue weighted by atomic mass is 10.0. The highest BCUT2D eigenvalue weighted by Gasteiger charge is 2.34. The van der Waals surface area contributed by atoms with Gasteiger partial charge in [-0.1, -0.05) is 0 Å². The van der Waals surface area contributed by atoms with Crippen molar-refractivity contribution in [2.75, 3.05) is 31.1 Å². The molecule has 0 spiro atoms. The van der Waals surface area contributed by atoms with Crippen molar-refractivity contribution in [3.05, 3.63) is 64.2 Å². The second kappa shape index (κ2) is 10.0. The molecule has 3 aromatic rings. The number of hydrogen-bond donors (Lipinski definition) is 0. The minimum Gasteiger partial charge on any atom is -0.337 e. The number of hydrazone groups is 1. The van der Waals surface area contributed by atoms with Crippen LogP contribution in [0, 0.1) is 17.5 Å². The number of halogens is 6. The molecule has 39 heavy (non-hydrogen) atoms. The Morgan fingerprint density at radius 2 is 1.72 bits per heavy atom. The number of rotatable bonds is 4. The highest BCUT2D eigenvalue weighted by Crippen LogP contribution is 2.30. The third-order valence-corrected chi connectivity index (χ3v) is 6.13. The Labute approximate surface area is 215 Å². The summed E-state index contributed by atoms with van der Waals surface area (Å²) < 4.78 is 80.5. The zero-order chi connectivity index (χ0) is 27.9. The Hall–Kier alpha value is -4.44. The van der Waals surface area contributed by atoms with E-state index in [2.05, 4.69) is 20.2 Å². The fourth-order valence-electron chi connectivity index (χ4n) is 4.32. The van der Waals surface area contributed by atoms with Crippen LogP contribution in [0.25, 0.3) is 5.82 Å². The van der Waals surface area contributed by atoms with Gasteiger partial charge >= 0.3 is 17.9 Å². The summed E-state index contributed by atoms with van der Waals surface area (Å²) in [5, 5.41) is 8.60. The third kappa shape index (κ3) is 5.42. The number of carbonyl (C=O) groups is 1. The number of aromatic nitrogens is 5. The molecule has 1 fully saturated rings. The van der Waals surface area contributed by atoms with Gasteiger partial charge in [-0.2, -0.15) is 28.4 Å². The first-order chi connectivity index (χ1) is 18.5. The van der Waals surface area contributed by atoms with Gasteiger partial charge in [-0.3, -0.25) is 0 Å². The maximum atomic E-state index is 14.4. The van der Waals surface area contributed by atoms with Crippen molar-refractivity contribution in [1.29, 1.82) is 0 Å². The van der Waals surface area contributed by atoms with Crippen molar-refractivity contribution in [3.63, 3.8) is 0 Å². The lowest BCUT2D eigenvalue weighted by molar-refractivity contribution is -0.143. The molecule has 0 saturated carbocycles. The number of hydrogen-bond acceptors (Lipinski definition) is 7. The summed E-state index contributed by atoms with van der Waals surface area (Å²) in [5.41, 5.74) is -0.969. The van der Waals surface area contributed by atoms with Gasteiger partial charge in [0.15, 0.2) is 11.6 Å². The Bertz CT molecular complexity index is 1460. The summed E-state index contributed by atoms with van der Waals surface area (Å²) in [5.74, 6) is -3.18. The quantitative estimate of drug-likeness (QED) is 0.459. The summed E-state index contributed by atoms with van der Waals surface area (Å²) in [6, 6.07) is 1.85. The number of piperazine rings is 1. The monoisotopic (exact) mass is 555 g/mol. The Morgan fingerprint density at radius 3 is 2.38 bits per heavy atom. The zero-order valence-electron chi connectivity index (χ0n) is 19.9. The molecular weight excluding hydrogens is 536 g/mol. The smallest absolute Gasteiger partial charge is 0.337 e. The first kappa shape index (κ1) is 26.2. The van der Waals surface area contributed by atoms with E-state index < -0.39 is 53.8 Å². The van der Waals surface area contributed by atoms with E-state index in [-0.39, 0.29) is 48.8 Å². The molecule has 0 bridgehead atoms. The summed E-state index contributed by atoms with van der Waals surface area (Å²) in [4.78, 5) is 36.5. The van der Waals surface area contributed by atoms with Gasteiger partial charge in [-0.15, -0.1) is 0 Å². The molecule has 0 N–H and O–H groups in total. The molecule has 11 nitrogen and oxygen atoms in total. The summed E-state index contributed by atoms with van der Waals surface area (Å²) in [7, 11) is 0. The molecule has 2 aromatic heterocycles. The molecule has 4 heterocycles. The highest BCUT2D eigenvalue weighted by molar-refractivity contribution is 5.78. The minimum absolute atomic E-state index is 0.0127. The van der Waals surface area contributed by atoms with Crippen LogP contribution in [0.5, 0.6) is 0 Å². The van der Waals surface area contributed by atoms with E-state index in [0.717, 1.165) is 35.7 Å². The number of urea groups is 1. The second-order valence-electron chi connectivity index (χ2n) is 8.75. The van der Waals surface area contributed by atoms with E-state index in [0.29, 0.717) is 4.57 Å². The van der Waals surface area contributed by atoms with E-state index in [1.807, 2.05) is 0 Å². The van der Waals surface area contributed by atoms with Crippen LogP contribution >= 0.6 is 0 Å². The topological polar surface area (TPSA) is 105 Å². The molecule has 5 rings (SSSR count). The third-order valence-electron chi connectivity index (χ3n) is 6.13. The van der Waals surface area contributed by atoms with Gasteiger partial charge in [-0.05, 0) is 17.7 Å². The molecule has 1 saturated heterocycles. The van der Waals surface area contributed by atoms with E-state index in [1.54, 1.807) is 4.90 Å². The van der Waals surface area contributed by atoms with E-state index >= 15 is 0 Å². The lowest BCUT2D eigenvalue weighted by Crippen LogP contribution is -2.52. The fraction of sp³-hybridized carbons (Fsp3) is 0.364. The van der Waals surface area contributed by atoms with Crippen LogP contribution in [0.15, 0.2) is 40.6 Å². The van der Waals surface area contributed by atoms with Crippen LogP contribution in [-0.2, 0) is 6.54 Å². The molecule has 0 radical (unpaired) electrons. The first-order valence-electron chi connectivity index (χ1n) is 11.6. The minimum atomic E-state index is -4.70. The Morgan fingerprint density at radius 1 is 1.03 bits per heavy atom. The molecule has 1 atom stereocenters. The maximum absolute atomic E-state index is 14.4. The molecule has 0 aliphatic carbocycles.